The third-order valence-electron chi connectivity index (χ3n) is 15.7. The Balaban J connectivity index is -0.000000184. The van der Waals surface area contributed by atoms with E-state index < -0.39 is 229 Å². The van der Waals surface area contributed by atoms with Crippen LogP contribution in [0.5, 0.6) is 11.8 Å². The Labute approximate surface area is 1040 Å². The number of methoxy groups -OCH3 is 3. The first-order chi connectivity index (χ1) is 74.5. The fourth-order valence-electron chi connectivity index (χ4n) is 9.58. The van der Waals surface area contributed by atoms with Crippen LogP contribution in [-0.2, 0) is 77.2 Å². The normalized spacial score (nSPS) is 21.2. The number of ether oxygens (including phenoxy) is 5. The maximum absolute atomic E-state index is 13.6. The molecule has 9 rings (SSSR count). The molecule has 6 aromatic heterocycles. The van der Waals surface area contributed by atoms with Gasteiger partial charge in [-0.15, -0.1) is 35.0 Å². The summed E-state index contributed by atoms with van der Waals surface area (Å²) in [6.45, 7) is 17.6. The van der Waals surface area contributed by atoms with E-state index in [1.54, 1.807) is 66.3 Å². The summed E-state index contributed by atoms with van der Waals surface area (Å²) in [4.78, 5) is 122. The van der Waals surface area contributed by atoms with E-state index >= 15 is 0 Å². The summed E-state index contributed by atoms with van der Waals surface area (Å²) in [5.74, 6) is -15.8. The van der Waals surface area contributed by atoms with Gasteiger partial charge in [-0.1, -0.05) is 94.0 Å². The van der Waals surface area contributed by atoms with Crippen molar-refractivity contribution < 1.29 is 305 Å². The van der Waals surface area contributed by atoms with E-state index in [1.807, 2.05) is 46.3 Å². The van der Waals surface area contributed by atoms with Crippen LogP contribution in [0, 0.1) is 116 Å². The molecule has 0 bridgehead atoms. The topological polar surface area (TPSA) is 544 Å². The van der Waals surface area contributed by atoms with Crippen molar-refractivity contribution in [2.75, 3.05) is 52.3 Å². The van der Waals surface area contributed by atoms with Crippen LogP contribution in [0.25, 0.3) is 11.6 Å². The number of carbonyl (C=O) groups excluding carboxylic acids is 7. The van der Waals surface area contributed by atoms with Crippen LogP contribution in [-0.4, -0.2) is 231 Å². The van der Waals surface area contributed by atoms with E-state index in [0.29, 0.717) is 30.8 Å². The Bertz CT molecular complexity index is 6610. The van der Waals surface area contributed by atoms with E-state index in [0.717, 1.165) is 27.7 Å². The Morgan fingerprint density at radius 3 is 1.38 bits per heavy atom. The zero-order valence-electron chi connectivity index (χ0n) is 120. The first-order valence-corrected chi connectivity index (χ1v) is 40.9. The Morgan fingerprint density at radius 1 is 0.691 bits per heavy atom. The Hall–Kier alpha value is -4.32. The Morgan fingerprint density at radius 2 is 1.09 bits per heavy atom. The molecule has 1 unspecified atom stereocenters. The summed E-state index contributed by atoms with van der Waals surface area (Å²) in [5, 5.41) is 61.6. The standard InChI is InChI=1S/C26H37N7O4S.C19H23ClN6O4S.2C8H15NO4.C7H13NO.C7H15N.C5H8O2.C3H7NO2.CH2O3.Al.BH.2ClH.2K.Li.2H2S.U.5H/c1-17-13-26(6,7)32(14-17)23-19(24(34)30-38(35,36)20-15-31(8)28-18(20)2)9-10-21(27-23)33-12-11-22(29-33)37-16-25(3,4)5;1-12-14(10-25(5)22-12)31(28,29)24-18(27)13-6-7-15(21-17(13)20)26-9-8-16(23-26)30-11-19(2,3)4;2*1-6(7(10)13-4)5-8(2,3)9(11)12;1-5-4-7(2,3)8-6(5)9;1-6-4-7(2,3)8-5-6;1-4(2)5(6)7-3;1-3(2)4(5)6;2-1-4-3;;;;;;;;;;;;;;;/h9-12,15,17H,13-14,16H2,1-8H3,(H,30,34);6-10H,11H2,1-5H3,(H,24,27);2*6H,5H2,1-4H3;5H,4H2,1-3H3,(H,8,9);6,8H,4-5H2,1-3H3;1H2,2-3H3;3H,1-2H3;1,3H;;3*1H;;;;2*1H2;;;;;;/q;;;;;;;;;;;;;3*+1;;;;;;;2*-1/p-1/t17-;;6-;;5-;6-;;;;;;;;;;;;;;;;;;/m0.0.00................../s1/i1D3,13D2;;2*1D3,4D3,5D2;2*1D3,4D2;2D3,3D3;;;;1D;;;;;;;;;;;;;. The van der Waals surface area contributed by atoms with Gasteiger partial charge in [-0.3, -0.25) is 68.5 Å². The van der Waals surface area contributed by atoms with Crippen molar-refractivity contribution in [2.24, 2.45) is 54.5 Å². The third kappa shape index (κ3) is 56.4. The number of aryl methyl sites for hydroxylation is 4. The van der Waals surface area contributed by atoms with E-state index in [1.165, 1.54) is 102 Å². The number of sulfonamides is 2. The molecule has 0 saturated carbocycles. The average molecular weight is 2430 g/mol. The van der Waals surface area contributed by atoms with Crippen molar-refractivity contribution in [1.29, 1.82) is 1.34 Å². The zero-order chi connectivity index (χ0) is 133. The molecular formula is C84H146AlBCl3K2LiN18O24S4U. The number of hydrogen-bond donors (Lipinski definition) is 4. The summed E-state index contributed by atoms with van der Waals surface area (Å²) in [7, 11) is -11.1. The van der Waals surface area contributed by atoms with Crippen molar-refractivity contribution in [3.05, 3.63) is 131 Å². The van der Waals surface area contributed by atoms with Crippen LogP contribution >= 0.6 is 63.4 Å². The number of halogens is 3. The molecule has 139 heavy (non-hydrogen) atoms. The molecule has 5 atom stereocenters. The molecule has 3 fully saturated rings. The minimum absolute atomic E-state index is 0. The smallest absolute Gasteiger partial charge is 1.00 e. The number of pyridine rings is 2. The predicted octanol–water partition coefficient (Wildman–Crippen LogP) is 1.10. The maximum atomic E-state index is 13.6. The van der Waals surface area contributed by atoms with E-state index in [2.05, 4.69) is 79.8 Å². The van der Waals surface area contributed by atoms with Crippen molar-refractivity contribution in [3.8, 4) is 23.4 Å². The van der Waals surface area contributed by atoms with E-state index in [-0.39, 0.29) is 309 Å². The molecule has 6 aromatic rings. The SMILES string of the molecule is CC(C)[N+](=O)[O-].Cc1nn(C)cc1S(=O)(=O)NC(=O)c1ccc(-n2ccc(OCC(C)(C)C)n2)nc1Cl.Cl.Cl.O=CO[O-].S.S.[2H]C([2H])([2H])OC(=O)C(=C)C([2H])([2H])[2H].[2H]C([2H])([2H])OC(=O)C(C([2H])([2H])[2H])C([2H])([2H])C(C)(C)[N+](=O)[O-].[2H]C([2H])([2H])OC(=O)[C@@H](C([2H])([2H])[2H])C([2H])([2H])C(C)(C)[N+](=O)[O-].[2H]C([2H])([2H])[C@@H]1C(=O)NC(C)(C)C1([2H])[2H].[2H]C([2H])([2H])[C@@H]1CN(c2nc(-n3ccc(OCC(C)(C)C)n3)ccc2C(=O)NS(=O)(=O)c2cn(C)nc2C)C(C)(C)C1([2H])[2H].[2H]C([2H])([2H])[C@@H]1CNC(C)(C)C1([2H])[2H].[2H][B].[AlH3].[H-].[H-].[K+].[K+].[Li+].[U]. The number of hydrogen-bond acceptors (Lipinski definition) is 32. The van der Waals surface area contributed by atoms with Crippen LogP contribution in [0.3, 0.4) is 0 Å². The van der Waals surface area contributed by atoms with Gasteiger partial charge in [0.1, 0.15) is 20.8 Å². The molecule has 0 aromatic carbocycles. The number of aromatic nitrogens is 10. The third-order valence-corrected chi connectivity index (χ3v) is 18.9. The minimum Gasteiger partial charge on any atom is -1.00 e. The van der Waals surface area contributed by atoms with Crippen molar-refractivity contribution >= 4 is 157 Å². The summed E-state index contributed by atoms with van der Waals surface area (Å²) in [6, 6.07) is 8.59. The second kappa shape index (κ2) is 69.0. The average Bonchev–Trinajstić information content (AvgIpc) is 1.55. The number of esters is 3. The largest absolute Gasteiger partial charge is 1.00 e. The van der Waals surface area contributed by atoms with Crippen molar-refractivity contribution in [1.82, 2.24) is 69.2 Å². The molecule has 0 spiro atoms. The second-order valence-electron chi connectivity index (χ2n) is 32.6. The predicted molar refractivity (Wildman–Crippen MR) is 534 cm³/mol. The van der Waals surface area contributed by atoms with E-state index in [4.69, 9.17) is 83.2 Å². The van der Waals surface area contributed by atoms with Gasteiger partial charge in [0.25, 0.3) is 38.3 Å². The molecule has 9 heterocycles. The molecule has 42 nitrogen and oxygen atoms in total. The Kier molecular flexibility index (Phi) is 45.1. The van der Waals surface area contributed by atoms with Crippen molar-refractivity contribution in [3.63, 3.8) is 0 Å². The molecule has 3 aliphatic rings. The molecule has 3 amide bonds. The first kappa shape index (κ1) is 90.9. The summed E-state index contributed by atoms with van der Waals surface area (Å²) >= 11 is 6.16. The molecule has 3 saturated heterocycles. The summed E-state index contributed by atoms with van der Waals surface area (Å²) in [5.41, 5.74) is -9.07. The minimum atomic E-state index is -4.35. The van der Waals surface area contributed by atoms with Gasteiger partial charge in [0, 0.05) is 233 Å². The number of nitro groups is 3. The van der Waals surface area contributed by atoms with Crippen LogP contribution in [0.15, 0.2) is 83.1 Å². The van der Waals surface area contributed by atoms with Crippen LogP contribution < -0.4 is 161 Å². The quantitative estimate of drug-likeness (QED) is 0.00758. The van der Waals surface area contributed by atoms with Crippen molar-refractivity contribution in [2.45, 2.75) is 255 Å². The van der Waals surface area contributed by atoms with Gasteiger partial charge >= 0.3 is 140 Å². The molecule has 0 aliphatic carbocycles. The van der Waals surface area contributed by atoms with E-state index in [9.17, 15) is 75.9 Å². The fraction of sp³-hybridized carbons (Fsp3) is 0.631. The number of anilines is 1. The van der Waals surface area contributed by atoms with Gasteiger partial charge in [-0.2, -0.15) is 37.2 Å². The van der Waals surface area contributed by atoms with Crippen LogP contribution in [0.4, 0.5) is 5.82 Å². The summed E-state index contributed by atoms with van der Waals surface area (Å²) in [6.07, 6.45) is -6.51. The molecule has 55 heteroatoms. The molecule has 2 radical (unpaired) electrons. The second-order valence-corrected chi connectivity index (χ2v) is 36.3. The first-order valence-electron chi connectivity index (χ1n) is 56.6. The summed E-state index contributed by atoms with van der Waals surface area (Å²) < 4.78 is 359. The number of carbonyl (C=O) groups is 7. The fourth-order valence-corrected chi connectivity index (χ4v) is 12.2. The van der Waals surface area contributed by atoms with Gasteiger partial charge in [0.15, 0.2) is 29.0 Å². The number of nitrogens with one attached hydrogen (secondary N) is 4. The van der Waals surface area contributed by atoms with Crippen LogP contribution in [0.1, 0.15) is 283 Å². The monoisotopic (exact) mass is 2420 g/mol. The van der Waals surface area contributed by atoms with Gasteiger partial charge in [-0.05, 0) is 136 Å². The van der Waals surface area contributed by atoms with Gasteiger partial charge in [-0.25, -0.2) is 50.4 Å². The molecular weight excluding hydrogens is 2240 g/mol. The number of rotatable bonds is 24. The van der Waals surface area contributed by atoms with Crippen LogP contribution in [0.2, 0.25) is 5.15 Å². The zero-order valence-corrected chi connectivity index (χ0v) is 96.9. The molecule has 4 N–H and O–H groups in total. The number of nitrogens with zero attached hydrogens (tertiary/aromatic N) is 14. The maximum Gasteiger partial charge on any atom is 1.00 e. The van der Waals surface area contributed by atoms with Gasteiger partial charge in [0.2, 0.25) is 34.8 Å². The van der Waals surface area contributed by atoms with Gasteiger partial charge in [0.05, 0.1) is 81.0 Å². The van der Waals surface area contributed by atoms with Gasteiger partial charge < -0.3 is 52.2 Å². The molecule has 3 aliphatic heterocycles. The number of amides is 3. The molecule has 774 valence electrons.